The Hall–Kier alpha value is -0.0600. The molecule has 1 aromatic rings. The molecular weight excluding hydrogens is 212 g/mol. The molecule has 4 heteroatoms. The van der Waals surface area contributed by atoms with Gasteiger partial charge >= 0.3 is 0 Å². The molecule has 1 aliphatic heterocycles. The highest BCUT2D eigenvalue weighted by Crippen LogP contribution is 2.21. The summed E-state index contributed by atoms with van der Waals surface area (Å²) in [5, 5.41) is 5.61. The second-order valence-corrected chi connectivity index (χ2v) is 5.61. The molecule has 0 aromatic carbocycles. The first-order valence-corrected chi connectivity index (χ1v) is 7.20. The third-order valence-electron chi connectivity index (χ3n) is 2.56. The van der Waals surface area contributed by atoms with Gasteiger partial charge in [0.25, 0.3) is 0 Å². The first-order valence-electron chi connectivity index (χ1n) is 5.10. The quantitative estimate of drug-likeness (QED) is 0.856. The molecule has 0 atom stereocenters. The van der Waals surface area contributed by atoms with Gasteiger partial charge in [-0.2, -0.15) is 11.8 Å². The Bertz CT molecular complexity index is 243. The van der Waals surface area contributed by atoms with Gasteiger partial charge in [0.1, 0.15) is 0 Å². The number of hydrogen-bond acceptors (Lipinski definition) is 4. The second-order valence-electron chi connectivity index (χ2n) is 3.67. The lowest BCUT2D eigenvalue weighted by atomic mass is 10.0. The fourth-order valence-corrected chi connectivity index (χ4v) is 3.44. The van der Waals surface area contributed by atoms with E-state index in [4.69, 9.17) is 0 Å². The Morgan fingerprint density at radius 2 is 2.29 bits per heavy atom. The van der Waals surface area contributed by atoms with E-state index in [2.05, 4.69) is 27.4 Å². The topological polar surface area (TPSA) is 24.9 Å². The molecule has 0 radical (unpaired) electrons. The number of nitrogens with zero attached hydrogens (tertiary/aromatic N) is 1. The number of hydrogen-bond donors (Lipinski definition) is 1. The number of thiazole rings is 1. The SMILES string of the molecule is c1nc(CNCC2CCSCC2)cs1. The van der Waals surface area contributed by atoms with Gasteiger partial charge in [-0.05, 0) is 36.8 Å². The van der Waals surface area contributed by atoms with Crippen molar-refractivity contribution in [3.05, 3.63) is 16.6 Å². The third kappa shape index (κ3) is 3.26. The van der Waals surface area contributed by atoms with Crippen molar-refractivity contribution in [1.29, 1.82) is 0 Å². The van der Waals surface area contributed by atoms with Gasteiger partial charge < -0.3 is 5.32 Å². The summed E-state index contributed by atoms with van der Waals surface area (Å²) in [5.41, 5.74) is 3.08. The Morgan fingerprint density at radius 3 is 3.00 bits per heavy atom. The molecule has 2 rings (SSSR count). The van der Waals surface area contributed by atoms with Crippen LogP contribution in [-0.2, 0) is 6.54 Å². The van der Waals surface area contributed by atoms with Gasteiger partial charge in [0.15, 0.2) is 0 Å². The maximum absolute atomic E-state index is 4.25. The molecule has 0 bridgehead atoms. The Kier molecular flexibility index (Phi) is 4.28. The highest BCUT2D eigenvalue weighted by atomic mass is 32.2. The molecule has 1 N–H and O–H groups in total. The summed E-state index contributed by atoms with van der Waals surface area (Å²) >= 11 is 3.76. The van der Waals surface area contributed by atoms with E-state index in [0.717, 1.165) is 19.0 Å². The highest BCUT2D eigenvalue weighted by Gasteiger charge is 2.12. The molecule has 2 nitrogen and oxygen atoms in total. The van der Waals surface area contributed by atoms with E-state index >= 15 is 0 Å². The van der Waals surface area contributed by atoms with Crippen molar-refractivity contribution in [2.75, 3.05) is 18.1 Å². The van der Waals surface area contributed by atoms with Crippen LogP contribution in [0.15, 0.2) is 10.9 Å². The molecule has 0 unspecified atom stereocenters. The van der Waals surface area contributed by atoms with Crippen molar-refractivity contribution < 1.29 is 0 Å². The van der Waals surface area contributed by atoms with Gasteiger partial charge in [0.05, 0.1) is 11.2 Å². The number of nitrogens with one attached hydrogen (secondary N) is 1. The van der Waals surface area contributed by atoms with Crippen LogP contribution in [0.25, 0.3) is 0 Å². The van der Waals surface area contributed by atoms with Crippen LogP contribution in [0.5, 0.6) is 0 Å². The lowest BCUT2D eigenvalue weighted by molar-refractivity contribution is 0.446. The number of aromatic nitrogens is 1. The Morgan fingerprint density at radius 1 is 1.43 bits per heavy atom. The van der Waals surface area contributed by atoms with Crippen molar-refractivity contribution in [2.24, 2.45) is 5.92 Å². The average Bonchev–Trinajstić information content (AvgIpc) is 2.72. The van der Waals surface area contributed by atoms with Gasteiger partial charge in [0, 0.05) is 11.9 Å². The maximum atomic E-state index is 4.25. The van der Waals surface area contributed by atoms with Crippen LogP contribution in [0, 0.1) is 5.92 Å². The van der Waals surface area contributed by atoms with Crippen molar-refractivity contribution in [3.8, 4) is 0 Å². The first-order chi connectivity index (χ1) is 6.95. The molecule has 78 valence electrons. The van der Waals surface area contributed by atoms with E-state index in [1.807, 2.05) is 5.51 Å². The van der Waals surface area contributed by atoms with Crippen LogP contribution in [-0.4, -0.2) is 23.0 Å². The van der Waals surface area contributed by atoms with Gasteiger partial charge in [-0.15, -0.1) is 11.3 Å². The van der Waals surface area contributed by atoms with E-state index in [0.29, 0.717) is 0 Å². The largest absolute Gasteiger partial charge is 0.311 e. The highest BCUT2D eigenvalue weighted by molar-refractivity contribution is 7.99. The van der Waals surface area contributed by atoms with Crippen LogP contribution >= 0.6 is 23.1 Å². The van der Waals surface area contributed by atoms with E-state index < -0.39 is 0 Å². The first kappa shape index (κ1) is 10.5. The van der Waals surface area contributed by atoms with E-state index in [9.17, 15) is 0 Å². The normalized spacial score (nSPS) is 18.6. The zero-order valence-electron chi connectivity index (χ0n) is 8.24. The maximum Gasteiger partial charge on any atom is 0.0795 e. The van der Waals surface area contributed by atoms with Crippen molar-refractivity contribution >= 4 is 23.1 Å². The average molecular weight is 228 g/mol. The summed E-state index contributed by atoms with van der Waals surface area (Å²) in [6, 6.07) is 0. The van der Waals surface area contributed by atoms with E-state index in [1.54, 1.807) is 11.3 Å². The van der Waals surface area contributed by atoms with Crippen LogP contribution in [0.1, 0.15) is 18.5 Å². The zero-order chi connectivity index (χ0) is 9.64. The van der Waals surface area contributed by atoms with Crippen molar-refractivity contribution in [3.63, 3.8) is 0 Å². The molecule has 0 aliphatic carbocycles. The summed E-state index contributed by atoms with van der Waals surface area (Å²) < 4.78 is 0. The predicted octanol–water partition coefficient (Wildman–Crippen LogP) is 2.38. The minimum atomic E-state index is 0.898. The zero-order valence-corrected chi connectivity index (χ0v) is 9.87. The number of thioether (sulfide) groups is 1. The number of rotatable bonds is 4. The summed E-state index contributed by atoms with van der Waals surface area (Å²) in [7, 11) is 0. The summed E-state index contributed by atoms with van der Waals surface area (Å²) in [4.78, 5) is 4.25. The van der Waals surface area contributed by atoms with Gasteiger partial charge in [0.2, 0.25) is 0 Å². The molecule has 2 heterocycles. The molecule has 0 amide bonds. The van der Waals surface area contributed by atoms with Crippen LogP contribution < -0.4 is 5.32 Å². The van der Waals surface area contributed by atoms with Crippen LogP contribution in [0.3, 0.4) is 0 Å². The summed E-state index contributed by atoms with van der Waals surface area (Å²) in [6.45, 7) is 2.10. The second kappa shape index (κ2) is 5.73. The molecule has 0 saturated carbocycles. The Balaban J connectivity index is 1.62. The van der Waals surface area contributed by atoms with Crippen LogP contribution in [0.4, 0.5) is 0 Å². The molecule has 1 aromatic heterocycles. The van der Waals surface area contributed by atoms with Crippen LogP contribution in [0.2, 0.25) is 0 Å². The van der Waals surface area contributed by atoms with Crippen molar-refractivity contribution in [1.82, 2.24) is 10.3 Å². The van der Waals surface area contributed by atoms with Gasteiger partial charge in [-0.25, -0.2) is 4.98 Å². The van der Waals surface area contributed by atoms with E-state index in [-0.39, 0.29) is 0 Å². The van der Waals surface area contributed by atoms with Gasteiger partial charge in [-0.1, -0.05) is 0 Å². The predicted molar refractivity (Wildman–Crippen MR) is 63.9 cm³/mol. The summed E-state index contributed by atoms with van der Waals surface area (Å²) in [6.07, 6.45) is 2.77. The third-order valence-corrected chi connectivity index (χ3v) is 4.25. The molecule has 1 fully saturated rings. The fraction of sp³-hybridized carbons (Fsp3) is 0.700. The molecule has 14 heavy (non-hydrogen) atoms. The lowest BCUT2D eigenvalue weighted by Gasteiger charge is -2.21. The minimum absolute atomic E-state index is 0.898. The summed E-state index contributed by atoms with van der Waals surface area (Å²) in [5.74, 6) is 3.60. The standard InChI is InChI=1S/C10H16N2S2/c1-3-13-4-2-9(1)5-11-6-10-7-14-8-12-10/h7-9,11H,1-6H2. The molecule has 1 aliphatic rings. The van der Waals surface area contributed by atoms with Crippen molar-refractivity contribution in [2.45, 2.75) is 19.4 Å². The smallest absolute Gasteiger partial charge is 0.0795 e. The molecular formula is C10H16N2S2. The van der Waals surface area contributed by atoms with E-state index in [1.165, 1.54) is 30.0 Å². The Labute approximate surface area is 93.5 Å². The minimum Gasteiger partial charge on any atom is -0.311 e. The lowest BCUT2D eigenvalue weighted by Crippen LogP contribution is -2.25. The monoisotopic (exact) mass is 228 g/mol. The fourth-order valence-electron chi connectivity index (χ4n) is 1.68. The molecule has 0 spiro atoms. The molecule has 1 saturated heterocycles. The van der Waals surface area contributed by atoms with Gasteiger partial charge in [-0.3, -0.25) is 0 Å².